The van der Waals surface area contributed by atoms with Gasteiger partial charge >= 0.3 is 0 Å². The second-order valence-corrected chi connectivity index (χ2v) is 10.7. The first kappa shape index (κ1) is 27.7. The SMILES string of the molecule is CCCCC#Cc1ccc2c(c1[N+](=O)[O-])C(=O)N([C@H](CS(C)(=O)=O)c1ccc(OC)c(OCC)c1)C2=O. The molecule has 2 aromatic rings. The van der Waals surface area contributed by atoms with Crippen molar-refractivity contribution >= 4 is 27.3 Å². The summed E-state index contributed by atoms with van der Waals surface area (Å²) >= 11 is 0. The van der Waals surface area contributed by atoms with Gasteiger partial charge in [0.15, 0.2) is 11.5 Å². The highest BCUT2D eigenvalue weighted by Crippen LogP contribution is 2.40. The van der Waals surface area contributed by atoms with Crippen LogP contribution >= 0.6 is 0 Å². The number of sulfone groups is 1. The molecule has 196 valence electrons. The van der Waals surface area contributed by atoms with Crippen LogP contribution in [0.4, 0.5) is 5.69 Å². The Morgan fingerprint density at radius 1 is 1.11 bits per heavy atom. The maximum atomic E-state index is 13.6. The van der Waals surface area contributed by atoms with Crippen molar-refractivity contribution < 1.29 is 32.4 Å². The fraction of sp³-hybridized carbons (Fsp3) is 0.385. The van der Waals surface area contributed by atoms with E-state index in [2.05, 4.69) is 11.8 Å². The molecule has 0 saturated heterocycles. The van der Waals surface area contributed by atoms with E-state index in [0.29, 0.717) is 23.5 Å². The molecular weight excluding hydrogens is 500 g/mol. The first-order chi connectivity index (χ1) is 17.5. The molecule has 0 N–H and O–H groups in total. The van der Waals surface area contributed by atoms with E-state index in [0.717, 1.165) is 24.0 Å². The van der Waals surface area contributed by atoms with E-state index in [-0.39, 0.29) is 17.7 Å². The average molecular weight is 529 g/mol. The van der Waals surface area contributed by atoms with Crippen LogP contribution in [0.25, 0.3) is 0 Å². The fourth-order valence-electron chi connectivity index (χ4n) is 4.10. The van der Waals surface area contributed by atoms with Crippen LogP contribution in [0, 0.1) is 22.0 Å². The summed E-state index contributed by atoms with van der Waals surface area (Å²) in [5.74, 6) is 3.92. The minimum atomic E-state index is -3.71. The van der Waals surface area contributed by atoms with E-state index >= 15 is 0 Å². The van der Waals surface area contributed by atoms with E-state index in [1.54, 1.807) is 13.0 Å². The number of unbranched alkanes of at least 4 members (excludes halogenated alkanes) is 2. The minimum Gasteiger partial charge on any atom is -0.493 e. The number of nitro benzene ring substituents is 1. The first-order valence-corrected chi connectivity index (χ1v) is 13.8. The lowest BCUT2D eigenvalue weighted by Crippen LogP contribution is -2.37. The smallest absolute Gasteiger partial charge is 0.298 e. The van der Waals surface area contributed by atoms with Gasteiger partial charge in [-0.25, -0.2) is 8.42 Å². The number of rotatable bonds is 10. The van der Waals surface area contributed by atoms with Crippen molar-refractivity contribution in [1.82, 2.24) is 4.90 Å². The Bertz CT molecular complexity index is 1410. The molecule has 10 nitrogen and oxygen atoms in total. The lowest BCUT2D eigenvalue weighted by Gasteiger charge is -2.26. The average Bonchev–Trinajstić information content (AvgIpc) is 3.09. The summed E-state index contributed by atoms with van der Waals surface area (Å²) in [6, 6.07) is 5.98. The zero-order chi connectivity index (χ0) is 27.3. The van der Waals surface area contributed by atoms with Crippen LogP contribution in [-0.4, -0.2) is 55.8 Å². The zero-order valence-corrected chi connectivity index (χ0v) is 21.9. The van der Waals surface area contributed by atoms with Gasteiger partial charge in [-0.3, -0.25) is 24.6 Å². The van der Waals surface area contributed by atoms with Gasteiger partial charge in [0, 0.05) is 12.7 Å². The predicted octanol–water partition coefficient (Wildman–Crippen LogP) is 3.93. The van der Waals surface area contributed by atoms with E-state index in [1.165, 1.54) is 31.4 Å². The van der Waals surface area contributed by atoms with Crippen molar-refractivity contribution in [3.8, 4) is 23.3 Å². The Hall–Kier alpha value is -3.91. The lowest BCUT2D eigenvalue weighted by atomic mass is 10.0. The molecule has 0 bridgehead atoms. The number of hydrogen-bond acceptors (Lipinski definition) is 8. The molecule has 3 rings (SSSR count). The number of carbonyl (C=O) groups is 2. The van der Waals surface area contributed by atoms with Gasteiger partial charge in [0.1, 0.15) is 21.0 Å². The Kier molecular flexibility index (Phi) is 8.55. The highest BCUT2D eigenvalue weighted by atomic mass is 32.2. The maximum absolute atomic E-state index is 13.6. The molecule has 11 heteroatoms. The second-order valence-electron chi connectivity index (χ2n) is 8.48. The van der Waals surface area contributed by atoms with Crippen LogP contribution in [0.1, 0.15) is 71.0 Å². The van der Waals surface area contributed by atoms with Crippen LogP contribution in [0.5, 0.6) is 11.5 Å². The van der Waals surface area contributed by atoms with E-state index in [1.807, 2.05) is 6.92 Å². The van der Waals surface area contributed by atoms with E-state index < -0.39 is 49.6 Å². The molecule has 37 heavy (non-hydrogen) atoms. The molecule has 0 spiro atoms. The van der Waals surface area contributed by atoms with Crippen LogP contribution in [0.15, 0.2) is 30.3 Å². The molecule has 1 heterocycles. The van der Waals surface area contributed by atoms with Crippen molar-refractivity contribution in [2.75, 3.05) is 25.7 Å². The summed E-state index contributed by atoms with van der Waals surface area (Å²) in [5, 5.41) is 12.0. The molecule has 0 aliphatic carbocycles. The number of ether oxygens (including phenoxy) is 2. The number of amides is 2. The number of fused-ring (bicyclic) bond motifs is 1. The molecule has 0 radical (unpaired) electrons. The van der Waals surface area contributed by atoms with E-state index in [4.69, 9.17) is 9.47 Å². The third-order valence-electron chi connectivity index (χ3n) is 5.77. The maximum Gasteiger partial charge on any atom is 0.298 e. The summed E-state index contributed by atoms with van der Waals surface area (Å²) < 4.78 is 35.6. The Morgan fingerprint density at radius 3 is 2.43 bits per heavy atom. The molecule has 2 amide bonds. The molecule has 0 unspecified atom stereocenters. The largest absolute Gasteiger partial charge is 0.493 e. The molecule has 0 fully saturated rings. The molecule has 2 aromatic carbocycles. The van der Waals surface area contributed by atoms with Crippen molar-refractivity contribution in [1.29, 1.82) is 0 Å². The molecule has 0 saturated carbocycles. The summed E-state index contributed by atoms with van der Waals surface area (Å²) in [5.41, 5.74) is -0.815. The van der Waals surface area contributed by atoms with Crippen molar-refractivity contribution in [2.24, 2.45) is 0 Å². The first-order valence-electron chi connectivity index (χ1n) is 11.7. The van der Waals surface area contributed by atoms with Crippen LogP contribution < -0.4 is 9.47 Å². The third kappa shape index (κ3) is 5.91. The van der Waals surface area contributed by atoms with Crippen molar-refractivity contribution in [3.05, 3.63) is 62.7 Å². The number of benzene rings is 2. The standard InChI is InChI=1S/C26H28N2O8S/c1-5-7-8-9-10-17-11-13-19-23(24(17)28(31)32)26(30)27(25(19)29)20(16-37(4,33)34)18-12-14-21(35-3)22(15-18)36-6-2/h11-15,20H,5-8,16H2,1-4H3/t20-/m1/s1. The Balaban J connectivity index is 2.16. The summed E-state index contributed by atoms with van der Waals surface area (Å²) in [6.45, 7) is 4.04. The Labute approximate surface area is 215 Å². The Morgan fingerprint density at radius 2 is 1.84 bits per heavy atom. The summed E-state index contributed by atoms with van der Waals surface area (Å²) in [4.78, 5) is 39.1. The van der Waals surface area contributed by atoms with Gasteiger partial charge in [0.2, 0.25) is 0 Å². The topological polar surface area (TPSA) is 133 Å². The lowest BCUT2D eigenvalue weighted by molar-refractivity contribution is -0.385. The van der Waals surface area contributed by atoms with Crippen molar-refractivity contribution in [2.45, 2.75) is 39.2 Å². The molecule has 1 aliphatic heterocycles. The number of hydrogen-bond donors (Lipinski definition) is 0. The van der Waals surface area contributed by atoms with Gasteiger partial charge in [-0.1, -0.05) is 31.3 Å². The molecule has 0 aromatic heterocycles. The summed E-state index contributed by atoms with van der Waals surface area (Å²) in [7, 11) is -2.27. The van der Waals surface area contributed by atoms with Crippen LogP contribution in [-0.2, 0) is 9.84 Å². The normalized spacial score (nSPS) is 13.6. The highest BCUT2D eigenvalue weighted by Gasteiger charge is 2.46. The van der Waals surface area contributed by atoms with Gasteiger partial charge in [-0.05, 0) is 43.2 Å². The van der Waals surface area contributed by atoms with E-state index in [9.17, 15) is 28.1 Å². The number of nitrogens with zero attached hydrogens (tertiary/aromatic N) is 2. The van der Waals surface area contributed by atoms with Gasteiger partial charge in [-0.2, -0.15) is 0 Å². The third-order valence-corrected chi connectivity index (χ3v) is 6.69. The highest BCUT2D eigenvalue weighted by molar-refractivity contribution is 7.90. The fourth-order valence-corrected chi connectivity index (χ4v) is 5.02. The number of carbonyl (C=O) groups excluding carboxylic acids is 2. The number of methoxy groups -OCH3 is 1. The van der Waals surface area contributed by atoms with Gasteiger partial charge in [0.05, 0.1) is 36.0 Å². The van der Waals surface area contributed by atoms with Crippen LogP contribution in [0.2, 0.25) is 0 Å². The van der Waals surface area contributed by atoms with Gasteiger partial charge < -0.3 is 9.47 Å². The molecule has 1 atom stereocenters. The quantitative estimate of drug-likeness (QED) is 0.149. The minimum absolute atomic E-state index is 0.0191. The van der Waals surface area contributed by atoms with Crippen LogP contribution in [0.3, 0.4) is 0 Å². The van der Waals surface area contributed by atoms with Gasteiger partial charge in [-0.15, -0.1) is 0 Å². The molecule has 1 aliphatic rings. The van der Waals surface area contributed by atoms with Gasteiger partial charge in [0.25, 0.3) is 17.5 Å². The number of nitro groups is 1. The monoisotopic (exact) mass is 528 g/mol. The van der Waals surface area contributed by atoms with Crippen molar-refractivity contribution in [3.63, 3.8) is 0 Å². The number of imide groups is 1. The predicted molar refractivity (Wildman–Crippen MR) is 137 cm³/mol. The summed E-state index contributed by atoms with van der Waals surface area (Å²) in [6.07, 6.45) is 3.23. The second kappa shape index (κ2) is 11.4. The zero-order valence-electron chi connectivity index (χ0n) is 21.1. The molecular formula is C26H28N2O8S.